The van der Waals surface area contributed by atoms with Crippen LogP contribution in [0, 0.1) is 27.7 Å². The van der Waals surface area contributed by atoms with Crippen LogP contribution in [0.15, 0.2) is 36.4 Å². The quantitative estimate of drug-likeness (QED) is 0.910. The van der Waals surface area contributed by atoms with Crippen molar-refractivity contribution in [1.82, 2.24) is 0 Å². The van der Waals surface area contributed by atoms with Gasteiger partial charge >= 0.3 is 0 Å². The van der Waals surface area contributed by atoms with Gasteiger partial charge in [0.2, 0.25) is 0 Å². The molecule has 0 fully saturated rings. The van der Waals surface area contributed by atoms with Gasteiger partial charge in [0.1, 0.15) is 12.4 Å². The summed E-state index contributed by atoms with van der Waals surface area (Å²) >= 11 is 0. The molecule has 0 amide bonds. The van der Waals surface area contributed by atoms with E-state index in [9.17, 15) is 0 Å². The van der Waals surface area contributed by atoms with E-state index in [0.717, 1.165) is 22.4 Å². The summed E-state index contributed by atoms with van der Waals surface area (Å²) in [7, 11) is 0. The summed E-state index contributed by atoms with van der Waals surface area (Å²) in [6.07, 6.45) is 0. The Bertz CT molecular complexity index is 584. The fourth-order valence-electron chi connectivity index (χ4n) is 2.29. The lowest BCUT2D eigenvalue weighted by Crippen LogP contribution is -2.19. The number of para-hydroxylation sites is 1. The van der Waals surface area contributed by atoms with Crippen LogP contribution in [0.4, 0.5) is 0 Å². The fraction of sp³-hybridized carbons (Fsp3) is 0.333. The van der Waals surface area contributed by atoms with Crippen LogP contribution in [0.2, 0.25) is 0 Å². The van der Waals surface area contributed by atoms with Crippen molar-refractivity contribution in [2.24, 2.45) is 5.73 Å². The highest BCUT2D eigenvalue weighted by Crippen LogP contribution is 2.24. The van der Waals surface area contributed by atoms with Gasteiger partial charge in [-0.1, -0.05) is 36.4 Å². The van der Waals surface area contributed by atoms with Crippen molar-refractivity contribution < 1.29 is 4.74 Å². The second-order valence-electron chi connectivity index (χ2n) is 5.48. The Kier molecular flexibility index (Phi) is 4.46. The van der Waals surface area contributed by atoms with Crippen molar-refractivity contribution in [1.29, 1.82) is 0 Å². The zero-order valence-electron chi connectivity index (χ0n) is 12.7. The normalized spacial score (nSPS) is 12.2. The molecule has 0 bridgehead atoms. The Hall–Kier alpha value is -1.80. The first-order valence-electron chi connectivity index (χ1n) is 7.01. The van der Waals surface area contributed by atoms with Crippen LogP contribution in [0.25, 0.3) is 0 Å². The van der Waals surface area contributed by atoms with Crippen molar-refractivity contribution in [3.8, 4) is 5.75 Å². The molecule has 2 nitrogen and oxygen atoms in total. The molecular formula is C18H23NO. The molecule has 2 heteroatoms. The van der Waals surface area contributed by atoms with Gasteiger partial charge in [-0.05, 0) is 55.5 Å². The third-order valence-corrected chi connectivity index (χ3v) is 3.78. The van der Waals surface area contributed by atoms with Gasteiger partial charge in [-0.25, -0.2) is 0 Å². The number of hydrogen-bond donors (Lipinski definition) is 1. The average Bonchev–Trinajstić information content (AvgIpc) is 2.41. The van der Waals surface area contributed by atoms with Gasteiger partial charge in [0.05, 0.1) is 6.04 Å². The lowest BCUT2D eigenvalue weighted by Gasteiger charge is -2.17. The first-order valence-corrected chi connectivity index (χ1v) is 7.01. The Morgan fingerprint density at radius 1 is 0.900 bits per heavy atom. The number of hydrogen-bond acceptors (Lipinski definition) is 2. The summed E-state index contributed by atoms with van der Waals surface area (Å²) < 4.78 is 5.93. The van der Waals surface area contributed by atoms with E-state index >= 15 is 0 Å². The van der Waals surface area contributed by atoms with Crippen LogP contribution in [0.3, 0.4) is 0 Å². The first kappa shape index (κ1) is 14.6. The molecule has 1 unspecified atom stereocenters. The van der Waals surface area contributed by atoms with E-state index in [1.165, 1.54) is 11.1 Å². The van der Waals surface area contributed by atoms with E-state index in [-0.39, 0.29) is 6.04 Å². The number of benzene rings is 2. The van der Waals surface area contributed by atoms with E-state index in [1.807, 2.05) is 6.07 Å². The molecule has 20 heavy (non-hydrogen) atoms. The summed E-state index contributed by atoms with van der Waals surface area (Å²) in [6, 6.07) is 12.4. The van der Waals surface area contributed by atoms with E-state index in [2.05, 4.69) is 58.0 Å². The monoisotopic (exact) mass is 269 g/mol. The largest absolute Gasteiger partial charge is 0.491 e. The molecule has 106 valence electrons. The Balaban J connectivity index is 2.08. The topological polar surface area (TPSA) is 35.2 Å². The lowest BCUT2D eigenvalue weighted by atomic mass is 10.0. The predicted molar refractivity (Wildman–Crippen MR) is 84.3 cm³/mol. The van der Waals surface area contributed by atoms with Gasteiger partial charge < -0.3 is 10.5 Å². The summed E-state index contributed by atoms with van der Waals surface area (Å²) in [5.74, 6) is 0.951. The molecule has 0 spiro atoms. The minimum absolute atomic E-state index is 0.103. The summed E-state index contributed by atoms with van der Waals surface area (Å²) in [5, 5.41) is 0. The van der Waals surface area contributed by atoms with Crippen LogP contribution in [-0.4, -0.2) is 6.61 Å². The highest BCUT2D eigenvalue weighted by Gasteiger charge is 2.10. The fourth-order valence-corrected chi connectivity index (χ4v) is 2.29. The van der Waals surface area contributed by atoms with E-state index in [4.69, 9.17) is 10.5 Å². The third kappa shape index (κ3) is 3.20. The second-order valence-corrected chi connectivity index (χ2v) is 5.48. The first-order chi connectivity index (χ1) is 9.49. The van der Waals surface area contributed by atoms with Crippen LogP contribution < -0.4 is 10.5 Å². The molecule has 2 N–H and O–H groups in total. The highest BCUT2D eigenvalue weighted by atomic mass is 16.5. The molecule has 1 atom stereocenters. The van der Waals surface area contributed by atoms with Gasteiger partial charge in [-0.15, -0.1) is 0 Å². The maximum absolute atomic E-state index is 6.24. The van der Waals surface area contributed by atoms with Crippen LogP contribution in [0.1, 0.15) is 33.9 Å². The van der Waals surface area contributed by atoms with Crippen LogP contribution >= 0.6 is 0 Å². The lowest BCUT2D eigenvalue weighted by molar-refractivity contribution is 0.287. The molecule has 2 aromatic rings. The predicted octanol–water partition coefficient (Wildman–Crippen LogP) is 4.00. The minimum atomic E-state index is -0.103. The molecule has 0 heterocycles. The maximum atomic E-state index is 6.24. The molecule has 0 aliphatic heterocycles. The van der Waals surface area contributed by atoms with Crippen LogP contribution in [0.5, 0.6) is 5.75 Å². The second kappa shape index (κ2) is 6.10. The van der Waals surface area contributed by atoms with Gasteiger partial charge in [-0.2, -0.15) is 0 Å². The van der Waals surface area contributed by atoms with E-state index in [0.29, 0.717) is 6.61 Å². The van der Waals surface area contributed by atoms with E-state index in [1.54, 1.807) is 0 Å². The average molecular weight is 269 g/mol. The number of nitrogens with two attached hydrogens (primary N) is 1. The molecule has 2 aromatic carbocycles. The molecule has 0 aliphatic rings. The van der Waals surface area contributed by atoms with Gasteiger partial charge in [0, 0.05) is 0 Å². The van der Waals surface area contributed by atoms with E-state index < -0.39 is 0 Å². The molecule has 0 saturated carbocycles. The van der Waals surface area contributed by atoms with Crippen molar-refractivity contribution in [3.05, 3.63) is 64.2 Å². The molecule has 0 saturated heterocycles. The summed E-state index contributed by atoms with van der Waals surface area (Å²) in [6.45, 7) is 8.83. The standard InChI is InChI=1S/C18H23NO/c1-12-8-9-16(10-15(12)4)17(19)11-20-18-13(2)6-5-7-14(18)3/h5-10,17H,11,19H2,1-4H3. The van der Waals surface area contributed by atoms with Crippen molar-refractivity contribution >= 4 is 0 Å². The smallest absolute Gasteiger partial charge is 0.125 e. The van der Waals surface area contributed by atoms with Crippen molar-refractivity contribution in [3.63, 3.8) is 0 Å². The van der Waals surface area contributed by atoms with Gasteiger partial charge in [0.15, 0.2) is 0 Å². The molecular weight excluding hydrogens is 246 g/mol. The molecule has 0 aromatic heterocycles. The minimum Gasteiger partial charge on any atom is -0.491 e. The van der Waals surface area contributed by atoms with Crippen molar-refractivity contribution in [2.45, 2.75) is 33.7 Å². The Labute approximate surface area is 121 Å². The number of rotatable bonds is 4. The SMILES string of the molecule is Cc1ccc(C(N)COc2c(C)cccc2C)cc1C. The zero-order valence-corrected chi connectivity index (χ0v) is 12.7. The summed E-state index contributed by atoms with van der Waals surface area (Å²) in [4.78, 5) is 0. The van der Waals surface area contributed by atoms with Gasteiger partial charge in [0.25, 0.3) is 0 Å². The number of aryl methyl sites for hydroxylation is 4. The van der Waals surface area contributed by atoms with Crippen molar-refractivity contribution in [2.75, 3.05) is 6.61 Å². The Morgan fingerprint density at radius 3 is 2.15 bits per heavy atom. The van der Waals surface area contributed by atoms with Gasteiger partial charge in [-0.3, -0.25) is 0 Å². The van der Waals surface area contributed by atoms with Crippen LogP contribution in [-0.2, 0) is 0 Å². The molecule has 0 radical (unpaired) electrons. The molecule has 0 aliphatic carbocycles. The zero-order chi connectivity index (χ0) is 14.7. The number of ether oxygens (including phenoxy) is 1. The highest BCUT2D eigenvalue weighted by molar-refractivity contribution is 5.40. The third-order valence-electron chi connectivity index (χ3n) is 3.78. The maximum Gasteiger partial charge on any atom is 0.125 e. The summed E-state index contributed by atoms with van der Waals surface area (Å²) in [5.41, 5.74) is 12.2. The molecule has 2 rings (SSSR count). The Morgan fingerprint density at radius 2 is 1.55 bits per heavy atom.